The van der Waals surface area contributed by atoms with E-state index in [0.29, 0.717) is 22.3 Å². The topological polar surface area (TPSA) is 96.0 Å². The number of aromatic nitrogens is 2. The lowest BCUT2D eigenvalue weighted by atomic mass is 10.2. The fourth-order valence-electron chi connectivity index (χ4n) is 3.07. The number of aromatic amines is 1. The van der Waals surface area contributed by atoms with Crippen LogP contribution in [-0.4, -0.2) is 21.4 Å². The predicted octanol–water partition coefficient (Wildman–Crippen LogP) is 3.44. The van der Waals surface area contributed by atoms with Crippen molar-refractivity contribution in [3.05, 3.63) is 63.7 Å². The number of hydrogen-bond acceptors (Lipinski definition) is 4. The molecule has 3 aromatic rings. The monoisotopic (exact) mass is 408 g/mol. The maximum absolute atomic E-state index is 12.6. The maximum atomic E-state index is 12.6. The van der Waals surface area contributed by atoms with Gasteiger partial charge in [0.1, 0.15) is 0 Å². The molecule has 0 radical (unpaired) electrons. The minimum atomic E-state index is -0.228. The summed E-state index contributed by atoms with van der Waals surface area (Å²) in [5, 5.41) is 6.18. The van der Waals surface area contributed by atoms with Crippen LogP contribution in [0.1, 0.15) is 19.3 Å². The zero-order valence-corrected chi connectivity index (χ0v) is 16.4. The Kier molecular flexibility index (Phi) is 5.26. The van der Waals surface area contributed by atoms with Crippen LogP contribution >= 0.6 is 12.2 Å². The normalized spacial score (nSPS) is 13.2. The molecule has 1 saturated carbocycles. The summed E-state index contributed by atoms with van der Waals surface area (Å²) in [5.41, 5.74) is 1.79. The van der Waals surface area contributed by atoms with E-state index in [1.165, 1.54) is 4.57 Å². The highest BCUT2D eigenvalue weighted by molar-refractivity contribution is 7.71. The van der Waals surface area contributed by atoms with Crippen LogP contribution in [0.15, 0.2) is 53.3 Å². The summed E-state index contributed by atoms with van der Waals surface area (Å²) in [6.07, 6.45) is 2.00. The molecule has 29 heavy (non-hydrogen) atoms. The van der Waals surface area contributed by atoms with E-state index < -0.39 is 0 Å². The number of benzene rings is 2. The number of carbonyl (C=O) groups is 2. The van der Waals surface area contributed by atoms with Crippen LogP contribution in [0.5, 0.6) is 0 Å². The molecule has 2 amide bonds. The third kappa shape index (κ3) is 4.43. The van der Waals surface area contributed by atoms with Crippen LogP contribution in [0.2, 0.25) is 0 Å². The van der Waals surface area contributed by atoms with Gasteiger partial charge >= 0.3 is 0 Å². The quantitative estimate of drug-likeness (QED) is 0.545. The molecule has 1 aliphatic carbocycles. The summed E-state index contributed by atoms with van der Waals surface area (Å²) in [6.45, 7) is 0.181. The van der Waals surface area contributed by atoms with Crippen LogP contribution in [0.4, 0.5) is 11.4 Å². The third-order valence-electron chi connectivity index (χ3n) is 4.84. The average Bonchev–Trinajstić information content (AvgIpc) is 3.55. The van der Waals surface area contributed by atoms with E-state index in [-0.39, 0.29) is 41.0 Å². The molecule has 0 spiro atoms. The van der Waals surface area contributed by atoms with Crippen LogP contribution in [0, 0.1) is 10.7 Å². The number of hydrogen-bond donors (Lipinski definition) is 3. The van der Waals surface area contributed by atoms with E-state index in [1.807, 2.05) is 6.07 Å². The summed E-state index contributed by atoms with van der Waals surface area (Å²) in [4.78, 5) is 39.7. The first-order chi connectivity index (χ1) is 14.0. The Morgan fingerprint density at radius 3 is 2.38 bits per heavy atom. The highest BCUT2D eigenvalue weighted by Gasteiger charge is 2.29. The molecule has 8 heteroatoms. The highest BCUT2D eigenvalue weighted by atomic mass is 32.1. The number of nitrogens with one attached hydrogen (secondary N) is 3. The van der Waals surface area contributed by atoms with E-state index in [4.69, 9.17) is 12.2 Å². The van der Waals surface area contributed by atoms with Gasteiger partial charge < -0.3 is 15.6 Å². The molecule has 4 rings (SSSR count). The highest BCUT2D eigenvalue weighted by Crippen LogP contribution is 2.30. The van der Waals surface area contributed by atoms with Crippen molar-refractivity contribution in [3.63, 3.8) is 0 Å². The minimum Gasteiger partial charge on any atom is -0.332 e. The van der Waals surface area contributed by atoms with Crippen molar-refractivity contribution >= 4 is 46.3 Å². The lowest BCUT2D eigenvalue weighted by Gasteiger charge is -2.10. The Hall–Kier alpha value is -3.26. The zero-order valence-electron chi connectivity index (χ0n) is 15.6. The first kappa shape index (κ1) is 19.1. The van der Waals surface area contributed by atoms with Crippen molar-refractivity contribution < 1.29 is 9.59 Å². The number of rotatable bonds is 6. The van der Waals surface area contributed by atoms with Crippen molar-refractivity contribution in [2.75, 3.05) is 10.6 Å². The smallest absolute Gasteiger partial charge is 0.262 e. The molecule has 0 atom stereocenters. The van der Waals surface area contributed by atoms with E-state index in [2.05, 4.69) is 15.6 Å². The fourth-order valence-corrected chi connectivity index (χ4v) is 3.35. The molecule has 7 nitrogen and oxygen atoms in total. The molecule has 0 saturated heterocycles. The second kappa shape index (κ2) is 8.00. The fraction of sp³-hybridized carbons (Fsp3) is 0.238. The molecule has 1 aromatic heterocycles. The number of fused-ring (bicyclic) bond motifs is 1. The summed E-state index contributed by atoms with van der Waals surface area (Å²) >= 11 is 5.26. The van der Waals surface area contributed by atoms with E-state index >= 15 is 0 Å². The molecular weight excluding hydrogens is 388 g/mol. The van der Waals surface area contributed by atoms with Crippen molar-refractivity contribution in [1.82, 2.24) is 9.55 Å². The molecule has 1 fully saturated rings. The Balaban J connectivity index is 1.38. The molecule has 148 valence electrons. The van der Waals surface area contributed by atoms with E-state index in [1.54, 1.807) is 42.5 Å². The average molecular weight is 408 g/mol. The van der Waals surface area contributed by atoms with Crippen molar-refractivity contribution in [2.45, 2.75) is 25.8 Å². The number of carbonyl (C=O) groups excluding carboxylic acids is 2. The number of nitrogens with zero attached hydrogens (tertiary/aromatic N) is 1. The van der Waals surface area contributed by atoms with Gasteiger partial charge in [-0.05, 0) is 61.5 Å². The SMILES string of the molecule is O=C(CCn1c(=S)[nH]c2ccccc2c1=O)Nc1ccc(NC(=O)C2CC2)cc1. The molecule has 0 bridgehead atoms. The van der Waals surface area contributed by atoms with Gasteiger partial charge in [-0.25, -0.2) is 0 Å². The minimum absolute atomic E-state index is 0.0409. The van der Waals surface area contributed by atoms with Gasteiger partial charge in [-0.15, -0.1) is 0 Å². The molecule has 1 heterocycles. The Bertz CT molecular complexity index is 1190. The second-order valence-corrected chi connectivity index (χ2v) is 7.46. The Labute approximate surface area is 171 Å². The summed E-state index contributed by atoms with van der Waals surface area (Å²) in [6, 6.07) is 14.1. The molecule has 1 aliphatic rings. The Morgan fingerprint density at radius 2 is 1.69 bits per heavy atom. The van der Waals surface area contributed by atoms with Gasteiger partial charge in [0.05, 0.1) is 10.9 Å². The van der Waals surface area contributed by atoms with Crippen molar-refractivity contribution in [1.29, 1.82) is 0 Å². The van der Waals surface area contributed by atoms with Crippen molar-refractivity contribution in [2.24, 2.45) is 5.92 Å². The van der Waals surface area contributed by atoms with Crippen molar-refractivity contribution in [3.8, 4) is 0 Å². The van der Waals surface area contributed by atoms with Crippen LogP contribution in [0.25, 0.3) is 10.9 Å². The van der Waals surface area contributed by atoms with E-state index in [9.17, 15) is 14.4 Å². The second-order valence-electron chi connectivity index (χ2n) is 7.07. The van der Waals surface area contributed by atoms with Crippen LogP contribution in [0.3, 0.4) is 0 Å². The number of H-pyrrole nitrogens is 1. The summed E-state index contributed by atoms with van der Waals surface area (Å²) in [7, 11) is 0. The van der Waals surface area contributed by atoms with Gasteiger partial charge in [-0.3, -0.25) is 19.0 Å². The van der Waals surface area contributed by atoms with E-state index in [0.717, 1.165) is 12.8 Å². The molecular formula is C21H20N4O3S. The standard InChI is InChI=1S/C21H20N4O3S/c26-18(22-14-7-9-15(10-8-14)23-19(27)13-5-6-13)11-12-25-20(28)16-3-1-2-4-17(16)24-21(25)29/h1-4,7-10,13H,5-6,11-12H2,(H,22,26)(H,23,27)(H,24,29). The Morgan fingerprint density at radius 1 is 1.03 bits per heavy atom. The maximum Gasteiger partial charge on any atom is 0.262 e. The molecule has 0 aliphatic heterocycles. The number of para-hydroxylation sites is 1. The van der Waals surface area contributed by atoms with Gasteiger partial charge in [0.15, 0.2) is 4.77 Å². The lowest BCUT2D eigenvalue weighted by Crippen LogP contribution is -2.25. The summed E-state index contributed by atoms with van der Waals surface area (Å²) in [5.74, 6) is -0.0484. The van der Waals surface area contributed by atoms with Crippen LogP contribution < -0.4 is 16.2 Å². The summed E-state index contributed by atoms with van der Waals surface area (Å²) < 4.78 is 1.69. The lowest BCUT2D eigenvalue weighted by molar-refractivity contribution is -0.117. The largest absolute Gasteiger partial charge is 0.332 e. The van der Waals surface area contributed by atoms with Gasteiger partial charge in [-0.2, -0.15) is 0 Å². The number of amides is 2. The molecule has 0 unspecified atom stereocenters. The first-order valence-electron chi connectivity index (χ1n) is 9.44. The first-order valence-corrected chi connectivity index (χ1v) is 9.85. The molecule has 2 aromatic carbocycles. The van der Waals surface area contributed by atoms with Gasteiger partial charge in [-0.1, -0.05) is 12.1 Å². The van der Waals surface area contributed by atoms with Gasteiger partial charge in [0.2, 0.25) is 11.8 Å². The third-order valence-corrected chi connectivity index (χ3v) is 5.16. The number of anilines is 2. The zero-order chi connectivity index (χ0) is 20.4. The van der Waals surface area contributed by atoms with Crippen LogP contribution in [-0.2, 0) is 16.1 Å². The predicted molar refractivity (Wildman–Crippen MR) is 114 cm³/mol. The van der Waals surface area contributed by atoms with Gasteiger partial charge in [0.25, 0.3) is 5.56 Å². The molecule has 3 N–H and O–H groups in total. The van der Waals surface area contributed by atoms with Gasteiger partial charge in [0, 0.05) is 30.3 Å².